The molecule has 136 valence electrons. The van der Waals surface area contributed by atoms with Crippen molar-refractivity contribution in [2.45, 2.75) is 13.3 Å². The van der Waals surface area contributed by atoms with Gasteiger partial charge < -0.3 is 4.48 Å². The van der Waals surface area contributed by atoms with Crippen molar-refractivity contribution < 1.29 is 18.1 Å². The first-order chi connectivity index (χ1) is 11.1. The summed E-state index contributed by atoms with van der Waals surface area (Å²) in [5.74, 6) is -0.0846. The molecule has 0 amide bonds. The average Bonchev–Trinajstić information content (AvgIpc) is 2.52. The zero-order valence-corrected chi connectivity index (χ0v) is 16.1. The van der Waals surface area contributed by atoms with E-state index in [1.54, 1.807) is 12.1 Å². The predicted octanol–water partition coefficient (Wildman–Crippen LogP) is 1.96. The molecule has 1 aliphatic heterocycles. The maximum Gasteiger partial charge on any atom is 0.257 e. The van der Waals surface area contributed by atoms with Gasteiger partial charge in [0.25, 0.3) is 10.0 Å². The molecule has 6 nitrogen and oxygen atoms in total. The molecule has 1 aromatic rings. The second-order valence-corrected chi connectivity index (χ2v) is 9.26. The molecule has 2 rings (SSSR count). The van der Waals surface area contributed by atoms with E-state index in [1.165, 1.54) is 6.07 Å². The first kappa shape index (κ1) is 19.5. The number of aryl methyl sites for hydroxylation is 1. The number of rotatable bonds is 6. The lowest BCUT2D eigenvalue weighted by Gasteiger charge is -2.41. The van der Waals surface area contributed by atoms with Gasteiger partial charge in [-0.05, 0) is 31.7 Å². The summed E-state index contributed by atoms with van der Waals surface area (Å²) in [7, 11) is 0.493. The molecule has 1 aliphatic rings. The Balaban J connectivity index is 1.94. The maximum atomic E-state index is 12.3. The zero-order chi connectivity index (χ0) is 18.0. The summed E-state index contributed by atoms with van der Waals surface area (Å²) in [5, 5.41) is 10.5. The second-order valence-electron chi connectivity index (χ2n) is 6.94. The van der Waals surface area contributed by atoms with Gasteiger partial charge in [-0.25, -0.2) is 8.42 Å². The van der Waals surface area contributed by atoms with E-state index in [1.807, 2.05) is 6.92 Å². The first-order valence-corrected chi connectivity index (χ1v) is 10.1. The molecule has 1 aromatic carbocycles. The standard InChI is InChI=1S/C16H27ClN3O3S/c1-14-5-6-15(13-16(14)17)19(21)24(22,23)12-4-9-20(3)10-7-18(2)8-11-20/h5-6,13,21H,4,7-12H2,1-3H3/q+1. The molecule has 0 unspecified atom stereocenters. The first-order valence-electron chi connectivity index (χ1n) is 8.13. The third-order valence-corrected chi connectivity index (χ3v) is 6.73. The van der Waals surface area contributed by atoms with Crippen molar-refractivity contribution in [3.63, 3.8) is 0 Å². The fourth-order valence-electron chi connectivity index (χ4n) is 2.85. The van der Waals surface area contributed by atoms with Crippen LogP contribution in [0.5, 0.6) is 0 Å². The molecule has 1 fully saturated rings. The summed E-state index contributed by atoms with van der Waals surface area (Å²) >= 11 is 6.00. The van der Waals surface area contributed by atoms with E-state index < -0.39 is 10.0 Å². The van der Waals surface area contributed by atoms with Crippen molar-refractivity contribution in [1.82, 2.24) is 4.90 Å². The summed E-state index contributed by atoms with van der Waals surface area (Å²) in [5.41, 5.74) is 1.00. The minimum absolute atomic E-state index is 0.0846. The molecule has 1 heterocycles. The number of anilines is 1. The van der Waals surface area contributed by atoms with Gasteiger partial charge in [0, 0.05) is 24.5 Å². The van der Waals surface area contributed by atoms with E-state index in [9.17, 15) is 13.6 Å². The van der Waals surface area contributed by atoms with Crippen molar-refractivity contribution >= 4 is 27.3 Å². The highest BCUT2D eigenvalue weighted by Gasteiger charge is 2.28. The lowest BCUT2D eigenvalue weighted by atomic mass is 10.2. The Hall–Kier alpha value is -0.860. The van der Waals surface area contributed by atoms with Gasteiger partial charge in [-0.3, -0.25) is 10.1 Å². The van der Waals surface area contributed by atoms with Gasteiger partial charge in [-0.2, -0.15) is 0 Å². The molecule has 0 atom stereocenters. The highest BCUT2D eigenvalue weighted by Crippen LogP contribution is 2.24. The van der Waals surface area contributed by atoms with Gasteiger partial charge in [0.2, 0.25) is 0 Å². The summed E-state index contributed by atoms with van der Waals surface area (Å²) in [6.07, 6.45) is 0.513. The topological polar surface area (TPSA) is 60.9 Å². The molecule has 0 saturated carbocycles. The van der Waals surface area contributed by atoms with Crippen molar-refractivity contribution in [2.75, 3.05) is 57.0 Å². The van der Waals surface area contributed by atoms with E-state index in [0.717, 1.165) is 42.8 Å². The number of nitrogens with zero attached hydrogens (tertiary/aromatic N) is 3. The number of likely N-dealkylation sites (N-methyl/N-ethyl adjacent to an activating group) is 2. The van der Waals surface area contributed by atoms with Crippen molar-refractivity contribution in [3.8, 4) is 0 Å². The number of hydrogen-bond acceptors (Lipinski definition) is 4. The second kappa shape index (κ2) is 7.58. The van der Waals surface area contributed by atoms with Crippen LogP contribution in [0.1, 0.15) is 12.0 Å². The van der Waals surface area contributed by atoms with Crippen LogP contribution in [-0.2, 0) is 10.0 Å². The number of piperazine rings is 1. The lowest BCUT2D eigenvalue weighted by Crippen LogP contribution is -2.56. The lowest BCUT2D eigenvalue weighted by molar-refractivity contribution is -0.913. The molecule has 8 heteroatoms. The highest BCUT2D eigenvalue weighted by atomic mass is 35.5. The van der Waals surface area contributed by atoms with Crippen molar-refractivity contribution in [1.29, 1.82) is 0 Å². The van der Waals surface area contributed by atoms with Crippen LogP contribution in [0, 0.1) is 6.92 Å². The van der Waals surface area contributed by atoms with Crippen LogP contribution in [0.15, 0.2) is 18.2 Å². The molecular weight excluding hydrogens is 350 g/mol. The average molecular weight is 377 g/mol. The monoisotopic (exact) mass is 376 g/mol. The number of hydrogen-bond donors (Lipinski definition) is 1. The minimum Gasteiger partial charge on any atom is -0.324 e. The summed E-state index contributed by atoms with van der Waals surface area (Å²) < 4.78 is 25.9. The van der Waals surface area contributed by atoms with E-state index >= 15 is 0 Å². The van der Waals surface area contributed by atoms with Gasteiger partial charge >= 0.3 is 0 Å². The van der Waals surface area contributed by atoms with Crippen LogP contribution in [0.3, 0.4) is 0 Å². The molecule has 0 radical (unpaired) electrons. The summed E-state index contributed by atoms with van der Waals surface area (Å²) in [4.78, 5) is 2.29. The van der Waals surface area contributed by atoms with E-state index in [-0.39, 0.29) is 11.4 Å². The Labute approximate surface area is 149 Å². The normalized spacial score (nSPS) is 18.5. The molecule has 1 N–H and O–H groups in total. The number of halogens is 1. The Kier molecular flexibility index (Phi) is 6.14. The van der Waals surface area contributed by atoms with E-state index in [0.29, 0.717) is 15.9 Å². The third-order valence-electron chi connectivity index (χ3n) is 4.78. The van der Waals surface area contributed by atoms with Crippen LogP contribution >= 0.6 is 11.6 Å². The Morgan fingerprint density at radius 3 is 2.54 bits per heavy atom. The Morgan fingerprint density at radius 2 is 1.96 bits per heavy atom. The van der Waals surface area contributed by atoms with Crippen LogP contribution in [-0.4, -0.2) is 75.6 Å². The largest absolute Gasteiger partial charge is 0.324 e. The molecular formula is C16H27ClN3O3S+. The maximum absolute atomic E-state index is 12.3. The van der Waals surface area contributed by atoms with Gasteiger partial charge in [-0.15, -0.1) is 4.47 Å². The van der Waals surface area contributed by atoms with Crippen LogP contribution < -0.4 is 4.47 Å². The van der Waals surface area contributed by atoms with Gasteiger partial charge in [0.1, 0.15) is 0 Å². The van der Waals surface area contributed by atoms with Gasteiger partial charge in [0.15, 0.2) is 0 Å². The third kappa shape index (κ3) is 4.83. The van der Waals surface area contributed by atoms with Crippen molar-refractivity contribution in [2.24, 2.45) is 0 Å². The fourth-order valence-corrected chi connectivity index (χ4v) is 4.12. The fraction of sp³-hybridized carbons (Fsp3) is 0.625. The van der Waals surface area contributed by atoms with Crippen molar-refractivity contribution in [3.05, 3.63) is 28.8 Å². The van der Waals surface area contributed by atoms with Gasteiger partial charge in [-0.1, -0.05) is 17.7 Å². The smallest absolute Gasteiger partial charge is 0.257 e. The molecule has 0 aromatic heterocycles. The van der Waals surface area contributed by atoms with E-state index in [4.69, 9.17) is 11.6 Å². The minimum atomic E-state index is -3.77. The number of sulfonamides is 1. The van der Waals surface area contributed by atoms with E-state index in [2.05, 4.69) is 19.0 Å². The van der Waals surface area contributed by atoms with Crippen LogP contribution in [0.4, 0.5) is 5.69 Å². The number of benzene rings is 1. The quantitative estimate of drug-likeness (QED) is 0.609. The predicted molar refractivity (Wildman–Crippen MR) is 97.1 cm³/mol. The summed E-state index contributed by atoms with van der Waals surface area (Å²) in [6, 6.07) is 4.70. The van der Waals surface area contributed by atoms with Gasteiger partial charge in [0.05, 0.1) is 38.1 Å². The zero-order valence-electron chi connectivity index (χ0n) is 14.6. The molecule has 0 bridgehead atoms. The molecule has 0 spiro atoms. The Morgan fingerprint density at radius 1 is 1.33 bits per heavy atom. The SMILES string of the molecule is Cc1ccc(N(O)S(=O)(=O)CCC[N+]2(C)CCN(C)CC2)cc1Cl. The molecule has 0 aliphatic carbocycles. The Bertz CT molecular complexity index is 673. The van der Waals surface area contributed by atoms with Crippen LogP contribution in [0.2, 0.25) is 5.02 Å². The highest BCUT2D eigenvalue weighted by molar-refractivity contribution is 7.92. The van der Waals surface area contributed by atoms with Crippen LogP contribution in [0.25, 0.3) is 0 Å². The molecule has 1 saturated heterocycles. The molecule has 24 heavy (non-hydrogen) atoms. The number of quaternary nitrogens is 1. The summed E-state index contributed by atoms with van der Waals surface area (Å²) in [6.45, 7) is 6.70.